The molecule has 0 radical (unpaired) electrons. The van der Waals surface area contributed by atoms with E-state index in [-0.39, 0.29) is 12.0 Å². The van der Waals surface area contributed by atoms with Gasteiger partial charge in [0.2, 0.25) is 5.91 Å². The van der Waals surface area contributed by atoms with Crippen LogP contribution in [0.25, 0.3) is 0 Å². The van der Waals surface area contributed by atoms with Crippen molar-refractivity contribution in [1.82, 2.24) is 15.1 Å². The van der Waals surface area contributed by atoms with Gasteiger partial charge in [-0.3, -0.25) is 9.69 Å². The fraction of sp³-hybridized carbons (Fsp3) is 0.824. The lowest BCUT2D eigenvalue weighted by molar-refractivity contribution is -0.124. The third-order valence-electron chi connectivity index (χ3n) is 4.31. The fourth-order valence-corrected chi connectivity index (χ4v) is 3.19. The Morgan fingerprint density at radius 2 is 2.32 bits per heavy atom. The number of nitrogens with one attached hydrogen (secondary N) is 1. The maximum atomic E-state index is 12.1. The van der Waals surface area contributed by atoms with Crippen LogP contribution in [0.5, 0.6) is 0 Å². The Morgan fingerprint density at radius 1 is 1.45 bits per heavy atom. The Kier molecular flexibility index (Phi) is 7.36. The first kappa shape index (κ1) is 17.4. The Balaban J connectivity index is 1.62. The number of allylic oxidation sites excluding steroid dienone is 1. The van der Waals surface area contributed by atoms with Gasteiger partial charge in [0.05, 0.1) is 19.3 Å². The van der Waals surface area contributed by atoms with E-state index in [9.17, 15) is 4.79 Å². The summed E-state index contributed by atoms with van der Waals surface area (Å²) in [4.78, 5) is 16.4. The zero-order chi connectivity index (χ0) is 15.8. The van der Waals surface area contributed by atoms with Crippen LogP contribution in [-0.2, 0) is 9.53 Å². The summed E-state index contributed by atoms with van der Waals surface area (Å²) in [5.41, 5.74) is 1.52. The van der Waals surface area contributed by atoms with E-state index in [0.29, 0.717) is 6.54 Å². The molecule has 1 aliphatic heterocycles. The number of amides is 1. The second kappa shape index (κ2) is 9.28. The van der Waals surface area contributed by atoms with Crippen molar-refractivity contribution in [2.45, 2.75) is 38.2 Å². The Bertz CT molecular complexity index is 382. The molecule has 0 saturated carbocycles. The van der Waals surface area contributed by atoms with Crippen LogP contribution >= 0.6 is 0 Å². The van der Waals surface area contributed by atoms with Gasteiger partial charge in [0.15, 0.2) is 0 Å². The standard InChI is InChI=1S/C17H31N3O2/c1-19(2)12-16-13-20(10-11-22-16)14-17(21)18-9-8-15-6-4-3-5-7-15/h6,16H,3-5,7-14H2,1-2H3,(H,18,21)/t16-/m0/s1. The maximum Gasteiger partial charge on any atom is 0.234 e. The number of carbonyl (C=O) groups is 1. The molecule has 2 aliphatic rings. The summed E-state index contributed by atoms with van der Waals surface area (Å²) in [6, 6.07) is 0. The zero-order valence-corrected chi connectivity index (χ0v) is 14.1. The van der Waals surface area contributed by atoms with Gasteiger partial charge in [-0.05, 0) is 46.2 Å². The van der Waals surface area contributed by atoms with Gasteiger partial charge in [0.1, 0.15) is 0 Å². The van der Waals surface area contributed by atoms with E-state index < -0.39 is 0 Å². The van der Waals surface area contributed by atoms with Crippen molar-refractivity contribution in [3.8, 4) is 0 Å². The van der Waals surface area contributed by atoms with Crippen LogP contribution in [0.4, 0.5) is 0 Å². The van der Waals surface area contributed by atoms with Crippen molar-refractivity contribution in [2.24, 2.45) is 0 Å². The summed E-state index contributed by atoms with van der Waals surface area (Å²) < 4.78 is 5.74. The van der Waals surface area contributed by atoms with Gasteiger partial charge in [0.25, 0.3) is 0 Å². The number of hydrogen-bond acceptors (Lipinski definition) is 4. The van der Waals surface area contributed by atoms with Gasteiger partial charge in [0, 0.05) is 26.2 Å². The van der Waals surface area contributed by atoms with E-state index >= 15 is 0 Å². The number of morpholine rings is 1. The molecule has 1 aliphatic carbocycles. The fourth-order valence-electron chi connectivity index (χ4n) is 3.19. The minimum atomic E-state index is 0.141. The molecule has 1 fully saturated rings. The minimum Gasteiger partial charge on any atom is -0.374 e. The molecular formula is C17H31N3O2. The molecule has 5 heteroatoms. The third-order valence-corrected chi connectivity index (χ3v) is 4.31. The smallest absolute Gasteiger partial charge is 0.234 e. The van der Waals surface area contributed by atoms with Crippen LogP contribution in [0.1, 0.15) is 32.1 Å². The van der Waals surface area contributed by atoms with E-state index in [0.717, 1.165) is 39.2 Å². The SMILES string of the molecule is CN(C)C[C@H]1CN(CC(=O)NCCC2=CCCCC2)CCO1. The van der Waals surface area contributed by atoms with E-state index in [2.05, 4.69) is 35.3 Å². The lowest BCUT2D eigenvalue weighted by Crippen LogP contribution is -2.49. The Labute approximate surface area is 134 Å². The van der Waals surface area contributed by atoms with Crippen LogP contribution in [-0.4, -0.2) is 75.2 Å². The summed E-state index contributed by atoms with van der Waals surface area (Å²) in [7, 11) is 4.10. The van der Waals surface area contributed by atoms with Gasteiger partial charge < -0.3 is 15.0 Å². The highest BCUT2D eigenvalue weighted by Gasteiger charge is 2.22. The highest BCUT2D eigenvalue weighted by molar-refractivity contribution is 5.78. The van der Waals surface area contributed by atoms with Crippen LogP contribution in [0.15, 0.2) is 11.6 Å². The van der Waals surface area contributed by atoms with Gasteiger partial charge in [-0.15, -0.1) is 0 Å². The van der Waals surface area contributed by atoms with Crippen LogP contribution < -0.4 is 5.32 Å². The summed E-state index contributed by atoms with van der Waals surface area (Å²) in [6.07, 6.45) is 8.63. The first-order valence-corrected chi connectivity index (χ1v) is 8.57. The molecule has 0 unspecified atom stereocenters. The summed E-state index contributed by atoms with van der Waals surface area (Å²) in [6.45, 7) is 4.59. The quantitative estimate of drug-likeness (QED) is 0.719. The average Bonchev–Trinajstić information content (AvgIpc) is 2.48. The van der Waals surface area contributed by atoms with E-state index in [4.69, 9.17) is 4.74 Å². The molecule has 0 bridgehead atoms. The lowest BCUT2D eigenvalue weighted by Gasteiger charge is -2.33. The largest absolute Gasteiger partial charge is 0.374 e. The van der Waals surface area contributed by atoms with Crippen LogP contribution in [0.3, 0.4) is 0 Å². The van der Waals surface area contributed by atoms with Gasteiger partial charge >= 0.3 is 0 Å². The number of likely N-dealkylation sites (N-methyl/N-ethyl adjacent to an activating group) is 1. The topological polar surface area (TPSA) is 44.8 Å². The second-order valence-electron chi connectivity index (χ2n) is 6.70. The van der Waals surface area contributed by atoms with E-state index in [1.54, 1.807) is 0 Å². The Hall–Kier alpha value is -0.910. The number of nitrogens with zero attached hydrogens (tertiary/aromatic N) is 2. The van der Waals surface area contributed by atoms with Crippen molar-refractivity contribution in [1.29, 1.82) is 0 Å². The number of hydrogen-bond donors (Lipinski definition) is 1. The van der Waals surface area contributed by atoms with Crippen molar-refractivity contribution < 1.29 is 9.53 Å². The monoisotopic (exact) mass is 309 g/mol. The van der Waals surface area contributed by atoms with Crippen molar-refractivity contribution >= 4 is 5.91 Å². The minimum absolute atomic E-state index is 0.141. The molecule has 126 valence electrons. The summed E-state index contributed by atoms with van der Waals surface area (Å²) in [5.74, 6) is 0.141. The zero-order valence-electron chi connectivity index (χ0n) is 14.1. The third kappa shape index (κ3) is 6.46. The normalized spacial score (nSPS) is 23.4. The predicted molar refractivity (Wildman–Crippen MR) is 88.9 cm³/mol. The highest BCUT2D eigenvalue weighted by Crippen LogP contribution is 2.19. The predicted octanol–water partition coefficient (Wildman–Crippen LogP) is 1.26. The van der Waals surface area contributed by atoms with Gasteiger partial charge in [-0.2, -0.15) is 0 Å². The molecule has 0 aromatic rings. The molecular weight excluding hydrogens is 278 g/mol. The number of ether oxygens (including phenoxy) is 1. The summed E-state index contributed by atoms with van der Waals surface area (Å²) >= 11 is 0. The molecule has 2 rings (SSSR count). The van der Waals surface area contributed by atoms with Crippen LogP contribution in [0.2, 0.25) is 0 Å². The molecule has 1 atom stereocenters. The molecule has 0 aromatic carbocycles. The molecule has 1 amide bonds. The van der Waals surface area contributed by atoms with Gasteiger partial charge in [-0.25, -0.2) is 0 Å². The molecule has 1 saturated heterocycles. The van der Waals surface area contributed by atoms with Crippen molar-refractivity contribution in [3.63, 3.8) is 0 Å². The summed E-state index contributed by atoms with van der Waals surface area (Å²) in [5, 5.41) is 3.06. The number of carbonyl (C=O) groups excluding carboxylic acids is 1. The first-order valence-electron chi connectivity index (χ1n) is 8.57. The molecule has 22 heavy (non-hydrogen) atoms. The van der Waals surface area contributed by atoms with Crippen molar-refractivity contribution in [3.05, 3.63) is 11.6 Å². The number of rotatable bonds is 7. The van der Waals surface area contributed by atoms with Gasteiger partial charge in [-0.1, -0.05) is 11.6 Å². The molecule has 0 spiro atoms. The Morgan fingerprint density at radius 3 is 3.05 bits per heavy atom. The molecule has 1 N–H and O–H groups in total. The van der Waals surface area contributed by atoms with E-state index in [1.807, 2.05) is 0 Å². The second-order valence-corrected chi connectivity index (χ2v) is 6.70. The first-order chi connectivity index (χ1) is 10.6. The molecule has 1 heterocycles. The lowest BCUT2D eigenvalue weighted by atomic mass is 9.97. The molecule has 5 nitrogen and oxygen atoms in total. The highest BCUT2D eigenvalue weighted by atomic mass is 16.5. The average molecular weight is 309 g/mol. The maximum absolute atomic E-state index is 12.1. The van der Waals surface area contributed by atoms with Crippen LogP contribution in [0, 0.1) is 0 Å². The molecule has 0 aromatic heterocycles. The van der Waals surface area contributed by atoms with E-state index in [1.165, 1.54) is 31.3 Å². The van der Waals surface area contributed by atoms with Crippen molar-refractivity contribution in [2.75, 3.05) is 53.4 Å².